The van der Waals surface area contributed by atoms with E-state index in [1.165, 1.54) is 25.3 Å². The normalized spacial score (nSPS) is 12.2. The molecule has 0 saturated carbocycles. The summed E-state index contributed by atoms with van der Waals surface area (Å²) in [6.45, 7) is 0. The van der Waals surface area contributed by atoms with Gasteiger partial charge in [-0.15, -0.1) is 0 Å². The second kappa shape index (κ2) is 6.15. The van der Waals surface area contributed by atoms with Gasteiger partial charge in [0.2, 0.25) is 0 Å². The van der Waals surface area contributed by atoms with Crippen LogP contribution in [0.15, 0.2) is 42.5 Å². The van der Waals surface area contributed by atoms with Crippen LogP contribution in [0.4, 0.5) is 8.78 Å². The molecule has 0 N–H and O–H groups in total. The molecule has 0 bridgehead atoms. The maximum Gasteiger partial charge on any atom is 0.165 e. The van der Waals surface area contributed by atoms with Crippen LogP contribution in [0.1, 0.15) is 16.0 Å². The van der Waals surface area contributed by atoms with E-state index in [0.29, 0.717) is 6.42 Å². The minimum Gasteiger partial charge on any atom is -0.494 e. The van der Waals surface area contributed by atoms with E-state index in [1.54, 1.807) is 18.2 Å². The minimum atomic E-state index is -0.386. The molecule has 2 aromatic carbocycles. The van der Waals surface area contributed by atoms with Crippen LogP contribution in [-0.4, -0.2) is 7.11 Å². The molecule has 1 nitrogen and oxygen atoms in total. The Kier molecular flexibility index (Phi) is 4.53. The minimum absolute atomic E-state index is 0.0293. The van der Waals surface area contributed by atoms with Gasteiger partial charge in [-0.3, -0.25) is 0 Å². The number of halogens is 3. The van der Waals surface area contributed by atoms with Crippen LogP contribution < -0.4 is 4.74 Å². The van der Waals surface area contributed by atoms with Crippen molar-refractivity contribution >= 4 is 15.9 Å². The van der Waals surface area contributed by atoms with Crippen LogP contribution in [0.3, 0.4) is 0 Å². The number of hydrogen-bond acceptors (Lipinski definition) is 1. The maximum atomic E-state index is 13.6. The molecule has 0 aromatic heterocycles. The molecule has 2 rings (SSSR count). The molecule has 0 spiro atoms. The number of benzene rings is 2. The summed E-state index contributed by atoms with van der Waals surface area (Å²) < 4.78 is 31.3. The van der Waals surface area contributed by atoms with Gasteiger partial charge in [0, 0.05) is 4.83 Å². The van der Waals surface area contributed by atoms with Crippen LogP contribution in [0.5, 0.6) is 5.75 Å². The topological polar surface area (TPSA) is 9.23 Å². The lowest BCUT2D eigenvalue weighted by Crippen LogP contribution is -1.97. The first-order valence-corrected chi connectivity index (χ1v) is 6.73. The first kappa shape index (κ1) is 14.0. The first-order chi connectivity index (χ1) is 9.10. The molecule has 100 valence electrons. The largest absolute Gasteiger partial charge is 0.494 e. The quantitative estimate of drug-likeness (QED) is 0.743. The van der Waals surface area contributed by atoms with E-state index in [2.05, 4.69) is 15.9 Å². The zero-order chi connectivity index (χ0) is 13.8. The van der Waals surface area contributed by atoms with Crippen molar-refractivity contribution in [3.63, 3.8) is 0 Å². The maximum absolute atomic E-state index is 13.6. The summed E-state index contributed by atoms with van der Waals surface area (Å²) in [6.07, 6.45) is 0.659. The molecule has 0 heterocycles. The Labute approximate surface area is 119 Å². The molecule has 0 aliphatic carbocycles. The molecule has 19 heavy (non-hydrogen) atoms. The summed E-state index contributed by atoms with van der Waals surface area (Å²) in [6, 6.07) is 11.1. The predicted molar refractivity (Wildman–Crippen MR) is 74.7 cm³/mol. The molecule has 1 unspecified atom stereocenters. The van der Waals surface area contributed by atoms with Crippen molar-refractivity contribution in [2.24, 2.45) is 0 Å². The number of alkyl halides is 1. The van der Waals surface area contributed by atoms with Crippen LogP contribution in [0.25, 0.3) is 0 Å². The van der Waals surface area contributed by atoms with Crippen molar-refractivity contribution in [2.45, 2.75) is 11.2 Å². The van der Waals surface area contributed by atoms with Gasteiger partial charge >= 0.3 is 0 Å². The van der Waals surface area contributed by atoms with Gasteiger partial charge < -0.3 is 4.74 Å². The van der Waals surface area contributed by atoms with Crippen LogP contribution in [-0.2, 0) is 6.42 Å². The lowest BCUT2D eigenvalue weighted by Gasteiger charge is -2.12. The van der Waals surface area contributed by atoms with Crippen LogP contribution in [0.2, 0.25) is 0 Å². The fraction of sp³-hybridized carbons (Fsp3) is 0.200. The standard InChI is InChI=1S/C15H13BrF2O/c1-19-15-7-4-11(9-14(15)18)13(16)8-10-2-5-12(17)6-3-10/h2-7,9,13H,8H2,1H3. The Morgan fingerprint density at radius 2 is 1.79 bits per heavy atom. The number of hydrogen-bond donors (Lipinski definition) is 0. The van der Waals surface area contributed by atoms with Crippen LogP contribution >= 0.6 is 15.9 Å². The van der Waals surface area contributed by atoms with Gasteiger partial charge in [0.25, 0.3) is 0 Å². The molecular weight excluding hydrogens is 314 g/mol. The average molecular weight is 327 g/mol. The lowest BCUT2D eigenvalue weighted by atomic mass is 10.0. The van der Waals surface area contributed by atoms with Crippen molar-refractivity contribution < 1.29 is 13.5 Å². The monoisotopic (exact) mass is 326 g/mol. The number of rotatable bonds is 4. The van der Waals surface area contributed by atoms with E-state index >= 15 is 0 Å². The lowest BCUT2D eigenvalue weighted by molar-refractivity contribution is 0.386. The smallest absolute Gasteiger partial charge is 0.165 e. The molecule has 1 atom stereocenters. The highest BCUT2D eigenvalue weighted by molar-refractivity contribution is 9.09. The third-order valence-electron chi connectivity index (χ3n) is 2.87. The van der Waals surface area contributed by atoms with Gasteiger partial charge in [0.15, 0.2) is 11.6 Å². The Morgan fingerprint density at radius 3 is 2.37 bits per heavy atom. The Bertz CT molecular complexity index is 555. The van der Waals surface area contributed by atoms with E-state index < -0.39 is 0 Å². The summed E-state index contributed by atoms with van der Waals surface area (Å²) in [5, 5.41) is 0. The summed E-state index contributed by atoms with van der Waals surface area (Å²) in [7, 11) is 1.43. The summed E-state index contributed by atoms with van der Waals surface area (Å²) >= 11 is 3.52. The Balaban J connectivity index is 2.13. The van der Waals surface area contributed by atoms with Gasteiger partial charge in [-0.05, 0) is 41.8 Å². The third-order valence-corrected chi connectivity index (χ3v) is 3.72. The van der Waals surface area contributed by atoms with Crippen LogP contribution in [0, 0.1) is 11.6 Å². The van der Waals surface area contributed by atoms with E-state index in [-0.39, 0.29) is 22.2 Å². The summed E-state index contributed by atoms with van der Waals surface area (Å²) in [4.78, 5) is -0.0293. The summed E-state index contributed by atoms with van der Waals surface area (Å²) in [5.41, 5.74) is 1.81. The molecule has 2 aromatic rings. The van der Waals surface area contributed by atoms with Crippen molar-refractivity contribution in [1.82, 2.24) is 0 Å². The molecule has 4 heteroatoms. The number of ether oxygens (including phenoxy) is 1. The molecular formula is C15H13BrF2O. The SMILES string of the molecule is COc1ccc(C(Br)Cc2ccc(F)cc2)cc1F. The summed E-state index contributed by atoms with van der Waals surface area (Å²) in [5.74, 6) is -0.417. The van der Waals surface area contributed by atoms with E-state index in [9.17, 15) is 8.78 Å². The fourth-order valence-corrected chi connectivity index (χ4v) is 2.48. The Morgan fingerprint density at radius 1 is 1.11 bits per heavy atom. The van der Waals surface area contributed by atoms with Gasteiger partial charge in [-0.25, -0.2) is 8.78 Å². The first-order valence-electron chi connectivity index (χ1n) is 5.82. The van der Waals surface area contributed by atoms with E-state index in [0.717, 1.165) is 11.1 Å². The average Bonchev–Trinajstić information content (AvgIpc) is 2.41. The van der Waals surface area contributed by atoms with Crippen molar-refractivity contribution in [1.29, 1.82) is 0 Å². The van der Waals surface area contributed by atoms with E-state index in [4.69, 9.17) is 4.74 Å². The molecule has 0 aliphatic heterocycles. The van der Waals surface area contributed by atoms with Crippen molar-refractivity contribution in [2.75, 3.05) is 7.11 Å². The Hall–Kier alpha value is -1.42. The second-order valence-electron chi connectivity index (χ2n) is 4.19. The zero-order valence-corrected chi connectivity index (χ0v) is 12.0. The van der Waals surface area contributed by atoms with Crippen molar-refractivity contribution in [3.05, 3.63) is 65.2 Å². The van der Waals surface area contributed by atoms with Gasteiger partial charge in [0.05, 0.1) is 7.11 Å². The molecule has 0 amide bonds. The number of methoxy groups -OCH3 is 1. The highest BCUT2D eigenvalue weighted by Crippen LogP contribution is 2.30. The van der Waals surface area contributed by atoms with E-state index in [1.807, 2.05) is 6.07 Å². The third kappa shape index (κ3) is 3.53. The molecule has 0 fully saturated rings. The van der Waals surface area contributed by atoms with Crippen molar-refractivity contribution in [3.8, 4) is 5.75 Å². The van der Waals surface area contributed by atoms with Gasteiger partial charge in [0.1, 0.15) is 5.82 Å². The van der Waals surface area contributed by atoms with Gasteiger partial charge in [-0.2, -0.15) is 0 Å². The second-order valence-corrected chi connectivity index (χ2v) is 5.30. The molecule has 0 saturated heterocycles. The molecule has 0 aliphatic rings. The predicted octanol–water partition coefficient (Wildman–Crippen LogP) is 4.65. The zero-order valence-electron chi connectivity index (χ0n) is 10.4. The highest BCUT2D eigenvalue weighted by atomic mass is 79.9. The van der Waals surface area contributed by atoms with Gasteiger partial charge in [-0.1, -0.05) is 34.1 Å². The fourth-order valence-electron chi connectivity index (χ4n) is 1.82. The highest BCUT2D eigenvalue weighted by Gasteiger charge is 2.12. The molecule has 0 radical (unpaired) electrons.